The molecule has 0 aromatic heterocycles. The van der Waals surface area contributed by atoms with E-state index in [0.717, 1.165) is 17.0 Å². The van der Waals surface area contributed by atoms with Crippen LogP contribution in [0.4, 0.5) is 23.2 Å². The average Bonchev–Trinajstić information content (AvgIpc) is 2.99. The number of ether oxygens (including phenoxy) is 1. The maximum absolute atomic E-state index is 13.5. The molecule has 2 aromatic rings. The zero-order valence-electron chi connectivity index (χ0n) is 17.0. The first-order valence-corrected chi connectivity index (χ1v) is 9.82. The molecule has 0 saturated carbocycles. The van der Waals surface area contributed by atoms with E-state index in [1.54, 1.807) is 0 Å². The third-order valence-electron chi connectivity index (χ3n) is 5.34. The quantitative estimate of drug-likeness (QED) is 0.530. The molecule has 4 rings (SSSR count). The summed E-state index contributed by atoms with van der Waals surface area (Å²) in [7, 11) is 1.95. The summed E-state index contributed by atoms with van der Waals surface area (Å²) in [5.41, 5.74) is 0.831. The van der Waals surface area contributed by atoms with Gasteiger partial charge in [0.2, 0.25) is 0 Å². The smallest absolute Gasteiger partial charge is 0.406 e. The van der Waals surface area contributed by atoms with Crippen molar-refractivity contribution in [3.8, 4) is 5.75 Å². The van der Waals surface area contributed by atoms with E-state index in [0.29, 0.717) is 31.7 Å². The maximum Gasteiger partial charge on any atom is 0.573 e. The minimum absolute atomic E-state index is 0.110. The first-order chi connectivity index (χ1) is 15.1. The molecule has 2 aliphatic rings. The topological polar surface area (TPSA) is 53.1 Å². The SMILES string of the molecule is CN1CCN(C2=C(c3ccc(F)cc3)C(=O)N(c3ccc(OC(F)(F)F)cc3)C2=O)CC1. The van der Waals surface area contributed by atoms with Gasteiger partial charge < -0.3 is 14.5 Å². The molecule has 6 nitrogen and oxygen atoms in total. The molecule has 32 heavy (non-hydrogen) atoms. The van der Waals surface area contributed by atoms with Gasteiger partial charge in [-0.25, -0.2) is 9.29 Å². The van der Waals surface area contributed by atoms with Crippen molar-refractivity contribution in [2.24, 2.45) is 0 Å². The van der Waals surface area contributed by atoms with Gasteiger partial charge in [0.05, 0.1) is 11.3 Å². The summed E-state index contributed by atoms with van der Waals surface area (Å²) in [5, 5.41) is 0. The number of imide groups is 1. The molecular formula is C22H19F4N3O3. The van der Waals surface area contributed by atoms with E-state index in [4.69, 9.17) is 0 Å². The number of halogens is 4. The Morgan fingerprint density at radius 3 is 2.00 bits per heavy atom. The standard InChI is InChI=1S/C22H19F4N3O3/c1-27-10-12-28(13-11-27)19-18(14-2-4-15(23)5-3-14)20(30)29(21(19)31)16-6-8-17(9-7-16)32-22(24,25)26/h2-9H,10-13H2,1H3. The van der Waals surface area contributed by atoms with Crippen molar-refractivity contribution >= 4 is 23.1 Å². The molecule has 1 fully saturated rings. The largest absolute Gasteiger partial charge is 0.573 e. The number of hydrogen-bond acceptors (Lipinski definition) is 5. The van der Waals surface area contributed by atoms with Gasteiger partial charge in [0.25, 0.3) is 11.8 Å². The van der Waals surface area contributed by atoms with Gasteiger partial charge in [0.1, 0.15) is 17.3 Å². The van der Waals surface area contributed by atoms with Crippen LogP contribution in [0.5, 0.6) is 5.75 Å². The number of hydrogen-bond donors (Lipinski definition) is 0. The normalized spacial score (nSPS) is 18.0. The van der Waals surface area contributed by atoms with Crippen molar-refractivity contribution in [3.05, 3.63) is 65.6 Å². The van der Waals surface area contributed by atoms with Crippen molar-refractivity contribution in [2.75, 3.05) is 38.1 Å². The highest BCUT2D eigenvalue weighted by atomic mass is 19.4. The molecule has 0 bridgehead atoms. The zero-order chi connectivity index (χ0) is 23.0. The summed E-state index contributed by atoms with van der Waals surface area (Å²) in [6, 6.07) is 9.76. The van der Waals surface area contributed by atoms with Crippen LogP contribution in [-0.4, -0.2) is 61.2 Å². The predicted octanol–water partition coefficient (Wildman–Crippen LogP) is 3.26. The number of carbonyl (C=O) groups is 2. The van der Waals surface area contributed by atoms with Crippen LogP contribution in [0.25, 0.3) is 5.57 Å². The Kier molecular flexibility index (Phi) is 5.64. The van der Waals surface area contributed by atoms with Gasteiger partial charge in [-0.05, 0) is 49.0 Å². The van der Waals surface area contributed by atoms with E-state index >= 15 is 0 Å². The first-order valence-electron chi connectivity index (χ1n) is 9.82. The van der Waals surface area contributed by atoms with Crippen molar-refractivity contribution in [2.45, 2.75) is 6.36 Å². The number of piperazine rings is 1. The molecule has 0 atom stereocenters. The fourth-order valence-electron chi connectivity index (χ4n) is 3.75. The lowest BCUT2D eigenvalue weighted by atomic mass is 10.0. The van der Waals surface area contributed by atoms with Gasteiger partial charge in [-0.15, -0.1) is 13.2 Å². The van der Waals surface area contributed by atoms with Crippen LogP contribution in [-0.2, 0) is 9.59 Å². The van der Waals surface area contributed by atoms with Gasteiger partial charge in [0.15, 0.2) is 0 Å². The van der Waals surface area contributed by atoms with Crippen molar-refractivity contribution < 1.29 is 31.9 Å². The van der Waals surface area contributed by atoms with Crippen LogP contribution in [0.2, 0.25) is 0 Å². The summed E-state index contributed by atoms with van der Waals surface area (Å²) in [4.78, 5) is 31.5. The Hall–Kier alpha value is -3.40. The van der Waals surface area contributed by atoms with Crippen LogP contribution in [0.15, 0.2) is 54.2 Å². The van der Waals surface area contributed by atoms with Gasteiger partial charge in [-0.1, -0.05) is 12.1 Å². The molecule has 1 saturated heterocycles. The summed E-state index contributed by atoms with van der Waals surface area (Å²) in [6.45, 7) is 2.40. The van der Waals surface area contributed by atoms with Crippen LogP contribution in [0, 0.1) is 5.82 Å². The fraction of sp³-hybridized carbons (Fsp3) is 0.273. The third kappa shape index (κ3) is 4.31. The zero-order valence-corrected chi connectivity index (χ0v) is 17.0. The highest BCUT2D eigenvalue weighted by Crippen LogP contribution is 2.36. The van der Waals surface area contributed by atoms with Crippen LogP contribution in [0.1, 0.15) is 5.56 Å². The Morgan fingerprint density at radius 1 is 0.844 bits per heavy atom. The number of likely N-dealkylation sites (N-methyl/N-ethyl adjacent to an activating group) is 1. The second kappa shape index (κ2) is 8.27. The predicted molar refractivity (Wildman–Crippen MR) is 108 cm³/mol. The molecule has 10 heteroatoms. The van der Waals surface area contributed by atoms with Crippen LogP contribution in [0.3, 0.4) is 0 Å². The molecule has 168 valence electrons. The second-order valence-corrected chi connectivity index (χ2v) is 7.51. The molecule has 2 amide bonds. The highest BCUT2D eigenvalue weighted by molar-refractivity contribution is 6.45. The molecule has 2 aromatic carbocycles. The number of amides is 2. The molecule has 0 spiro atoms. The number of anilines is 1. The lowest BCUT2D eigenvalue weighted by Crippen LogP contribution is -2.46. The first kappa shape index (κ1) is 21.8. The van der Waals surface area contributed by atoms with Gasteiger partial charge in [0, 0.05) is 26.2 Å². The minimum Gasteiger partial charge on any atom is -0.406 e. The Balaban J connectivity index is 1.71. The van der Waals surface area contributed by atoms with Crippen molar-refractivity contribution in [3.63, 3.8) is 0 Å². The average molecular weight is 449 g/mol. The summed E-state index contributed by atoms with van der Waals surface area (Å²) < 4.78 is 54.6. The van der Waals surface area contributed by atoms with Gasteiger partial charge in [-0.2, -0.15) is 0 Å². The monoisotopic (exact) mass is 449 g/mol. The molecule has 0 unspecified atom stereocenters. The number of rotatable bonds is 4. The second-order valence-electron chi connectivity index (χ2n) is 7.51. The van der Waals surface area contributed by atoms with E-state index in [-0.39, 0.29) is 17.0 Å². The Labute approximate surface area is 181 Å². The molecular weight excluding hydrogens is 430 g/mol. The lowest BCUT2D eigenvalue weighted by molar-refractivity contribution is -0.274. The van der Waals surface area contributed by atoms with Gasteiger partial charge in [-0.3, -0.25) is 9.59 Å². The molecule has 0 N–H and O–H groups in total. The number of nitrogens with zero attached hydrogens (tertiary/aromatic N) is 3. The van der Waals surface area contributed by atoms with Crippen molar-refractivity contribution in [1.82, 2.24) is 9.80 Å². The lowest BCUT2D eigenvalue weighted by Gasteiger charge is -2.34. The van der Waals surface area contributed by atoms with Crippen LogP contribution < -0.4 is 9.64 Å². The van der Waals surface area contributed by atoms with E-state index < -0.39 is 29.7 Å². The van der Waals surface area contributed by atoms with Gasteiger partial charge >= 0.3 is 6.36 Å². The Bertz CT molecular complexity index is 1060. The van der Waals surface area contributed by atoms with E-state index in [1.807, 2.05) is 11.9 Å². The molecule has 0 aliphatic carbocycles. The maximum atomic E-state index is 13.5. The third-order valence-corrected chi connectivity index (χ3v) is 5.34. The fourth-order valence-corrected chi connectivity index (χ4v) is 3.75. The molecule has 2 aliphatic heterocycles. The van der Waals surface area contributed by atoms with Crippen LogP contribution >= 0.6 is 0 Å². The number of carbonyl (C=O) groups excluding carboxylic acids is 2. The van der Waals surface area contributed by atoms with E-state index in [2.05, 4.69) is 9.64 Å². The minimum atomic E-state index is -4.85. The molecule has 0 radical (unpaired) electrons. The number of alkyl halides is 3. The highest BCUT2D eigenvalue weighted by Gasteiger charge is 2.43. The summed E-state index contributed by atoms with van der Waals surface area (Å²) >= 11 is 0. The summed E-state index contributed by atoms with van der Waals surface area (Å²) in [6.07, 6.45) is -4.85. The van der Waals surface area contributed by atoms with E-state index in [9.17, 15) is 27.2 Å². The Morgan fingerprint density at radius 2 is 1.44 bits per heavy atom. The van der Waals surface area contributed by atoms with E-state index in [1.165, 1.54) is 36.4 Å². The van der Waals surface area contributed by atoms with Crippen molar-refractivity contribution in [1.29, 1.82) is 0 Å². The number of benzene rings is 2. The molecule has 2 heterocycles. The summed E-state index contributed by atoms with van der Waals surface area (Å²) in [5.74, 6) is -2.15.